The molecular weight excluding hydrogens is 596 g/mol. The number of ketones is 1. The summed E-state index contributed by atoms with van der Waals surface area (Å²) in [5.41, 5.74) is 24.0. The third-order valence-electron chi connectivity index (χ3n) is 7.21. The molecule has 248 valence electrons. The lowest BCUT2D eigenvalue weighted by atomic mass is 9.99. The van der Waals surface area contributed by atoms with Gasteiger partial charge in [0.15, 0.2) is 16.5 Å². The predicted octanol–water partition coefficient (Wildman–Crippen LogP) is -0.189. The third-order valence-corrected chi connectivity index (χ3v) is 7.60. The molecule has 0 spiro atoms. The summed E-state index contributed by atoms with van der Waals surface area (Å²) in [5, 5.41) is 8.38. The molecule has 4 atom stereocenters. The molecule has 0 aliphatic heterocycles. The molecule has 0 saturated carbocycles. The standard InChI is InChI=1S/C30H48N10O4S/c1-3-25(41)23(16-19-10-5-4-6-11-19)38-27(43)22(13-7-8-14-31)37-28(44)24(17-20-18-40(2)30(45)36-20)39-26(42)21(32)12-9-15-35-29(33)34/h4-6,10-11,18,21-24H,3,7-9,12-17,31-32H2,1-2H3,(H,36,45)(H,37,44)(H,38,43)(H,39,42)(H4,33,34,35). The highest BCUT2D eigenvalue weighted by Gasteiger charge is 2.30. The number of guanidine groups is 1. The van der Waals surface area contributed by atoms with Crippen LogP contribution in [0.4, 0.5) is 0 Å². The molecule has 2 rings (SSSR count). The molecular formula is C30H48N10O4S. The molecule has 0 bridgehead atoms. The van der Waals surface area contributed by atoms with Crippen LogP contribution in [0.1, 0.15) is 56.7 Å². The number of Topliss-reactive ketones (excluding diaryl/α,β-unsaturated/α-hetero) is 1. The van der Waals surface area contributed by atoms with Crippen LogP contribution >= 0.6 is 12.2 Å². The summed E-state index contributed by atoms with van der Waals surface area (Å²) in [6.45, 7) is 2.46. The van der Waals surface area contributed by atoms with E-state index >= 15 is 0 Å². The van der Waals surface area contributed by atoms with E-state index in [1.54, 1.807) is 24.7 Å². The van der Waals surface area contributed by atoms with E-state index in [4.69, 9.17) is 35.2 Å². The van der Waals surface area contributed by atoms with E-state index in [9.17, 15) is 19.2 Å². The number of aromatic nitrogens is 2. The molecule has 1 aromatic heterocycles. The van der Waals surface area contributed by atoms with Crippen LogP contribution < -0.4 is 38.9 Å². The van der Waals surface area contributed by atoms with Crippen molar-refractivity contribution < 1.29 is 19.2 Å². The van der Waals surface area contributed by atoms with Crippen molar-refractivity contribution in [2.75, 3.05) is 13.1 Å². The molecule has 0 saturated heterocycles. The van der Waals surface area contributed by atoms with Crippen LogP contribution in [0.15, 0.2) is 41.5 Å². The largest absolute Gasteiger partial charge is 0.370 e. The van der Waals surface area contributed by atoms with Crippen molar-refractivity contribution >= 4 is 41.7 Å². The first kappa shape index (κ1) is 37.1. The normalized spacial score (nSPS) is 13.6. The highest BCUT2D eigenvalue weighted by atomic mass is 32.1. The number of benzene rings is 1. The van der Waals surface area contributed by atoms with Crippen LogP contribution in [-0.4, -0.2) is 76.3 Å². The minimum atomic E-state index is -1.09. The maximum Gasteiger partial charge on any atom is 0.243 e. The highest BCUT2D eigenvalue weighted by molar-refractivity contribution is 7.71. The Morgan fingerprint density at radius 1 is 0.911 bits per heavy atom. The number of aromatic amines is 1. The van der Waals surface area contributed by atoms with Crippen LogP contribution in [0, 0.1) is 4.77 Å². The number of aryl methyl sites for hydroxylation is 1. The number of nitrogens with two attached hydrogens (primary N) is 4. The van der Waals surface area contributed by atoms with E-state index in [1.165, 1.54) is 0 Å². The summed E-state index contributed by atoms with van der Waals surface area (Å²) in [5.74, 6) is -1.81. The van der Waals surface area contributed by atoms with Crippen molar-refractivity contribution in [3.63, 3.8) is 0 Å². The van der Waals surface area contributed by atoms with Gasteiger partial charge in [0.1, 0.15) is 12.1 Å². The number of unbranched alkanes of at least 4 members (excludes halogenated alkanes) is 1. The van der Waals surface area contributed by atoms with Gasteiger partial charge >= 0.3 is 0 Å². The van der Waals surface area contributed by atoms with E-state index in [0.717, 1.165) is 5.56 Å². The van der Waals surface area contributed by atoms with Crippen LogP contribution in [0.5, 0.6) is 0 Å². The summed E-state index contributed by atoms with van der Waals surface area (Å²) in [7, 11) is 1.75. The lowest BCUT2D eigenvalue weighted by Crippen LogP contribution is -2.57. The Bertz CT molecular complexity index is 1340. The van der Waals surface area contributed by atoms with Crippen molar-refractivity contribution in [2.24, 2.45) is 35.0 Å². The number of imidazole rings is 1. The number of nitrogens with one attached hydrogen (secondary N) is 4. The highest BCUT2D eigenvalue weighted by Crippen LogP contribution is 2.10. The molecule has 0 aliphatic rings. The van der Waals surface area contributed by atoms with Crippen molar-refractivity contribution in [1.82, 2.24) is 25.5 Å². The van der Waals surface area contributed by atoms with Gasteiger partial charge in [-0.05, 0) is 62.9 Å². The second kappa shape index (κ2) is 19.3. The first-order chi connectivity index (χ1) is 21.4. The van der Waals surface area contributed by atoms with Gasteiger partial charge in [-0.1, -0.05) is 37.3 Å². The second-order valence-electron chi connectivity index (χ2n) is 10.9. The van der Waals surface area contributed by atoms with E-state index in [0.29, 0.717) is 49.2 Å². The Morgan fingerprint density at radius 3 is 2.16 bits per heavy atom. The third kappa shape index (κ3) is 13.2. The van der Waals surface area contributed by atoms with Gasteiger partial charge in [0, 0.05) is 38.3 Å². The van der Waals surface area contributed by atoms with Gasteiger partial charge in [-0.25, -0.2) is 0 Å². The fraction of sp³-hybridized carbons (Fsp3) is 0.533. The van der Waals surface area contributed by atoms with Gasteiger partial charge in [-0.15, -0.1) is 0 Å². The zero-order chi connectivity index (χ0) is 33.4. The van der Waals surface area contributed by atoms with Gasteiger partial charge in [0.2, 0.25) is 17.7 Å². The smallest absolute Gasteiger partial charge is 0.243 e. The molecule has 15 heteroatoms. The summed E-state index contributed by atoms with van der Waals surface area (Å²) < 4.78 is 2.12. The van der Waals surface area contributed by atoms with Gasteiger partial charge < -0.3 is 48.4 Å². The molecule has 45 heavy (non-hydrogen) atoms. The molecule has 1 aromatic carbocycles. The molecule has 0 aliphatic carbocycles. The van der Waals surface area contributed by atoms with E-state index < -0.39 is 41.9 Å². The number of amides is 3. The summed E-state index contributed by atoms with van der Waals surface area (Å²) in [6, 6.07) is 5.62. The Kier molecular flexibility index (Phi) is 15.9. The van der Waals surface area contributed by atoms with E-state index in [1.807, 2.05) is 30.3 Å². The molecule has 1 heterocycles. The first-order valence-electron chi connectivity index (χ1n) is 15.2. The van der Waals surface area contributed by atoms with Crippen LogP contribution in [0.25, 0.3) is 0 Å². The van der Waals surface area contributed by atoms with Gasteiger partial charge in [-0.2, -0.15) is 0 Å². The number of hydrogen-bond donors (Lipinski definition) is 8. The number of rotatable bonds is 20. The average Bonchev–Trinajstić information content (AvgIpc) is 3.33. The molecule has 4 unspecified atom stereocenters. The lowest BCUT2D eigenvalue weighted by molar-refractivity contribution is -0.133. The number of H-pyrrole nitrogens is 1. The summed E-state index contributed by atoms with van der Waals surface area (Å²) >= 11 is 5.26. The summed E-state index contributed by atoms with van der Waals surface area (Å²) in [6.07, 6.45) is 4.55. The van der Waals surface area contributed by atoms with Crippen LogP contribution in [-0.2, 0) is 39.1 Å². The molecule has 2 aromatic rings. The van der Waals surface area contributed by atoms with Crippen molar-refractivity contribution in [1.29, 1.82) is 0 Å². The van der Waals surface area contributed by atoms with E-state index in [2.05, 4.69) is 25.9 Å². The van der Waals surface area contributed by atoms with Crippen LogP contribution in [0.3, 0.4) is 0 Å². The Labute approximate surface area is 269 Å². The minimum absolute atomic E-state index is 0.0551. The number of carbonyl (C=O) groups excluding carboxylic acids is 4. The zero-order valence-electron chi connectivity index (χ0n) is 26.1. The SMILES string of the molecule is CCC(=O)C(Cc1ccccc1)NC(=O)C(CCCCN)NC(=O)C(Cc1cn(C)c(=S)[nH]1)NC(=O)C(N)CCCN=C(N)N. The maximum absolute atomic E-state index is 13.7. The quantitative estimate of drug-likeness (QED) is 0.0412. The van der Waals surface area contributed by atoms with E-state index in [-0.39, 0.29) is 37.4 Å². The lowest BCUT2D eigenvalue weighted by Gasteiger charge is -2.26. The number of aliphatic imine (C=N–C) groups is 1. The Morgan fingerprint density at radius 2 is 1.56 bits per heavy atom. The Balaban J connectivity index is 2.24. The zero-order valence-corrected chi connectivity index (χ0v) is 26.9. The van der Waals surface area contributed by atoms with Crippen molar-refractivity contribution in [3.05, 3.63) is 52.6 Å². The molecule has 12 N–H and O–H groups in total. The first-order valence-corrected chi connectivity index (χ1v) is 15.6. The summed E-state index contributed by atoms with van der Waals surface area (Å²) in [4.78, 5) is 60.0. The van der Waals surface area contributed by atoms with Crippen molar-refractivity contribution in [2.45, 2.75) is 82.5 Å². The number of carbonyl (C=O) groups is 4. The topological polar surface area (TPSA) is 242 Å². The maximum atomic E-state index is 13.7. The monoisotopic (exact) mass is 644 g/mol. The predicted molar refractivity (Wildman–Crippen MR) is 176 cm³/mol. The molecule has 14 nitrogen and oxygen atoms in total. The number of hydrogen-bond acceptors (Lipinski definition) is 8. The van der Waals surface area contributed by atoms with Gasteiger partial charge in [-0.3, -0.25) is 24.2 Å². The number of nitrogens with zero attached hydrogens (tertiary/aromatic N) is 2. The average molecular weight is 645 g/mol. The molecule has 0 fully saturated rings. The second-order valence-corrected chi connectivity index (χ2v) is 11.3. The Hall–Kier alpha value is -4.08. The minimum Gasteiger partial charge on any atom is -0.370 e. The molecule has 3 amide bonds. The molecule has 0 radical (unpaired) electrons. The van der Waals surface area contributed by atoms with Gasteiger partial charge in [0.05, 0.1) is 12.1 Å². The fourth-order valence-corrected chi connectivity index (χ4v) is 4.84. The van der Waals surface area contributed by atoms with Crippen LogP contribution in [0.2, 0.25) is 0 Å². The van der Waals surface area contributed by atoms with Gasteiger partial charge in [0.25, 0.3) is 0 Å². The fourth-order valence-electron chi connectivity index (χ4n) is 4.66. The van der Waals surface area contributed by atoms with Crippen molar-refractivity contribution in [3.8, 4) is 0 Å².